The highest BCUT2D eigenvalue weighted by Gasteiger charge is 2.20. The van der Waals surface area contributed by atoms with E-state index in [0.29, 0.717) is 37.4 Å². The summed E-state index contributed by atoms with van der Waals surface area (Å²) in [4.78, 5) is 11.3. The van der Waals surface area contributed by atoms with Gasteiger partial charge in [-0.1, -0.05) is 6.07 Å². The molecule has 26 heavy (non-hydrogen) atoms. The van der Waals surface area contributed by atoms with Crippen LogP contribution < -0.4 is 4.74 Å². The first-order valence-corrected chi connectivity index (χ1v) is 8.76. The van der Waals surface area contributed by atoms with Crippen molar-refractivity contribution >= 4 is 11.9 Å². The molecular weight excluding hydrogens is 332 g/mol. The number of rotatable bonds is 6. The largest absolute Gasteiger partial charge is 0.507 e. The van der Waals surface area contributed by atoms with Crippen LogP contribution >= 0.6 is 0 Å². The molecule has 2 heterocycles. The van der Waals surface area contributed by atoms with Crippen LogP contribution in [0.1, 0.15) is 47.9 Å². The van der Waals surface area contributed by atoms with Crippen molar-refractivity contribution in [1.29, 1.82) is 0 Å². The molecular formula is C20H24N2O4. The van der Waals surface area contributed by atoms with Gasteiger partial charge in [-0.15, -0.1) is 0 Å². The van der Waals surface area contributed by atoms with Crippen molar-refractivity contribution in [3.05, 3.63) is 46.8 Å². The van der Waals surface area contributed by atoms with Gasteiger partial charge < -0.3 is 14.6 Å². The zero-order valence-corrected chi connectivity index (χ0v) is 15.4. The van der Waals surface area contributed by atoms with Crippen LogP contribution in [-0.2, 0) is 4.74 Å². The van der Waals surface area contributed by atoms with Gasteiger partial charge in [0.15, 0.2) is 6.29 Å². The summed E-state index contributed by atoms with van der Waals surface area (Å²) < 4.78 is 13.5. The number of aromatic hydroxyl groups is 1. The molecule has 1 aliphatic heterocycles. The van der Waals surface area contributed by atoms with Gasteiger partial charge in [-0.05, 0) is 50.5 Å². The number of nitrogens with zero attached hydrogens (tertiary/aromatic N) is 2. The monoisotopic (exact) mass is 356 g/mol. The van der Waals surface area contributed by atoms with Gasteiger partial charge in [-0.3, -0.25) is 9.48 Å². The number of benzene rings is 1. The number of phenolic OH excluding ortho intramolecular Hbond substituents is 1. The molecule has 0 saturated carbocycles. The Bertz CT molecular complexity index is 836. The summed E-state index contributed by atoms with van der Waals surface area (Å²) in [7, 11) is 0. The smallest absolute Gasteiger partial charge is 0.157 e. The molecule has 0 spiro atoms. The molecule has 6 nitrogen and oxygen atoms in total. The molecule has 0 unspecified atom stereocenters. The summed E-state index contributed by atoms with van der Waals surface area (Å²) in [5.41, 5.74) is 4.06. The maximum absolute atomic E-state index is 11.3. The molecule has 2 aromatic rings. The fraction of sp³-hybridized carbons (Fsp3) is 0.400. The summed E-state index contributed by atoms with van der Waals surface area (Å²) in [5.74, 6) is 0.357. The zero-order chi connectivity index (χ0) is 18.7. The van der Waals surface area contributed by atoms with Gasteiger partial charge in [0.25, 0.3) is 0 Å². The Morgan fingerprint density at radius 1 is 1.38 bits per heavy atom. The van der Waals surface area contributed by atoms with E-state index in [4.69, 9.17) is 9.47 Å². The fourth-order valence-corrected chi connectivity index (χ4v) is 3.10. The van der Waals surface area contributed by atoms with Crippen molar-refractivity contribution in [1.82, 2.24) is 9.78 Å². The van der Waals surface area contributed by atoms with Gasteiger partial charge in [-0.2, -0.15) is 5.10 Å². The number of aromatic nitrogens is 2. The van der Waals surface area contributed by atoms with Crippen LogP contribution in [0.15, 0.2) is 30.0 Å². The number of aryl methyl sites for hydroxylation is 1. The molecule has 3 rings (SSSR count). The van der Waals surface area contributed by atoms with Crippen LogP contribution in [0.25, 0.3) is 5.57 Å². The molecule has 1 N–H and O–H groups in total. The molecule has 138 valence electrons. The molecule has 1 aromatic heterocycles. The van der Waals surface area contributed by atoms with Crippen molar-refractivity contribution < 1.29 is 19.4 Å². The highest BCUT2D eigenvalue weighted by Crippen LogP contribution is 2.31. The quantitative estimate of drug-likeness (QED) is 0.802. The summed E-state index contributed by atoms with van der Waals surface area (Å²) in [5, 5.41) is 14.5. The van der Waals surface area contributed by atoms with Gasteiger partial charge in [0.05, 0.1) is 24.5 Å². The minimum absolute atomic E-state index is 0.0310. The van der Waals surface area contributed by atoms with E-state index in [1.54, 1.807) is 25.3 Å². The lowest BCUT2D eigenvalue weighted by molar-refractivity contribution is 0.111. The average Bonchev–Trinajstić information content (AvgIpc) is 3.13. The predicted octanol–water partition coefficient (Wildman–Crippen LogP) is 3.54. The normalized spacial score (nSPS) is 14.8. The van der Waals surface area contributed by atoms with E-state index in [1.807, 2.05) is 10.7 Å². The minimum atomic E-state index is -0.0310. The second-order valence-electron chi connectivity index (χ2n) is 6.69. The second-order valence-corrected chi connectivity index (χ2v) is 6.69. The maximum Gasteiger partial charge on any atom is 0.157 e. The van der Waals surface area contributed by atoms with Crippen molar-refractivity contribution in [3.63, 3.8) is 0 Å². The van der Waals surface area contributed by atoms with Crippen LogP contribution in [0.2, 0.25) is 0 Å². The van der Waals surface area contributed by atoms with E-state index in [2.05, 4.69) is 18.9 Å². The van der Waals surface area contributed by atoms with E-state index in [-0.39, 0.29) is 17.4 Å². The number of carbonyl (C=O) groups is 1. The highest BCUT2D eigenvalue weighted by atomic mass is 16.5. The number of carbonyl (C=O) groups excluding carboxylic acids is 1. The third-order valence-corrected chi connectivity index (χ3v) is 4.59. The molecule has 6 heteroatoms. The van der Waals surface area contributed by atoms with Crippen molar-refractivity contribution in [2.45, 2.75) is 33.2 Å². The van der Waals surface area contributed by atoms with Crippen LogP contribution in [0.4, 0.5) is 0 Å². The van der Waals surface area contributed by atoms with E-state index in [1.165, 1.54) is 0 Å². The summed E-state index contributed by atoms with van der Waals surface area (Å²) in [6.07, 6.45) is 3.18. The zero-order valence-electron chi connectivity index (χ0n) is 15.4. The molecule has 1 aromatic carbocycles. The Kier molecular flexibility index (Phi) is 5.42. The van der Waals surface area contributed by atoms with Crippen molar-refractivity contribution in [3.8, 4) is 11.5 Å². The number of hydrogen-bond donors (Lipinski definition) is 1. The number of ether oxygens (including phenoxy) is 2. The summed E-state index contributed by atoms with van der Waals surface area (Å²) in [6, 6.07) is 5.69. The molecule has 0 aliphatic carbocycles. The third kappa shape index (κ3) is 3.51. The number of aldehydes is 1. The average molecular weight is 356 g/mol. The third-order valence-electron chi connectivity index (χ3n) is 4.59. The topological polar surface area (TPSA) is 73.6 Å². The Morgan fingerprint density at radius 2 is 2.19 bits per heavy atom. The van der Waals surface area contributed by atoms with Gasteiger partial charge >= 0.3 is 0 Å². The Balaban J connectivity index is 1.90. The summed E-state index contributed by atoms with van der Waals surface area (Å²) >= 11 is 0. The van der Waals surface area contributed by atoms with Crippen LogP contribution in [0.3, 0.4) is 0 Å². The van der Waals surface area contributed by atoms with Gasteiger partial charge in [0, 0.05) is 17.8 Å². The molecule has 0 amide bonds. The van der Waals surface area contributed by atoms with E-state index < -0.39 is 0 Å². The van der Waals surface area contributed by atoms with E-state index >= 15 is 0 Å². The number of phenols is 1. The molecule has 0 saturated heterocycles. The van der Waals surface area contributed by atoms with Gasteiger partial charge in [0.2, 0.25) is 0 Å². The van der Waals surface area contributed by atoms with Crippen molar-refractivity contribution in [2.24, 2.45) is 0 Å². The lowest BCUT2D eigenvalue weighted by Crippen LogP contribution is -2.18. The van der Waals surface area contributed by atoms with E-state index in [0.717, 1.165) is 23.3 Å². The highest BCUT2D eigenvalue weighted by molar-refractivity contribution is 5.84. The second kappa shape index (κ2) is 7.74. The first kappa shape index (κ1) is 18.2. The maximum atomic E-state index is 11.3. The molecule has 0 atom stereocenters. The lowest BCUT2D eigenvalue weighted by Gasteiger charge is -2.23. The van der Waals surface area contributed by atoms with Crippen LogP contribution in [-0.4, -0.2) is 41.0 Å². The molecule has 0 bridgehead atoms. The Labute approximate surface area is 153 Å². The molecule has 0 radical (unpaired) electrons. The Hall–Kier alpha value is -2.60. The number of hydrogen-bond acceptors (Lipinski definition) is 5. The Morgan fingerprint density at radius 3 is 2.92 bits per heavy atom. The standard InChI is InChI=1S/C20H24N2O4/c1-13(2)22-18(6-8-21-22)17-12-25-9-7-15(17)11-26-19-5-4-14(3)20(24)16(19)10-23/h4-6,8,10,13,24H,7,9,11-12H2,1-3H3. The van der Waals surface area contributed by atoms with E-state index in [9.17, 15) is 9.90 Å². The lowest BCUT2D eigenvalue weighted by atomic mass is 10.0. The van der Waals surface area contributed by atoms with Crippen LogP contribution in [0, 0.1) is 6.92 Å². The minimum Gasteiger partial charge on any atom is -0.507 e. The van der Waals surface area contributed by atoms with Crippen LogP contribution in [0.5, 0.6) is 11.5 Å². The summed E-state index contributed by atoms with van der Waals surface area (Å²) in [6.45, 7) is 7.41. The molecule has 0 fully saturated rings. The first-order valence-electron chi connectivity index (χ1n) is 8.76. The van der Waals surface area contributed by atoms with Crippen molar-refractivity contribution in [2.75, 3.05) is 19.8 Å². The first-order chi connectivity index (χ1) is 12.5. The SMILES string of the molecule is Cc1ccc(OCC2=C(c3ccnn3C(C)C)COCC2)c(C=O)c1O. The fourth-order valence-electron chi connectivity index (χ4n) is 3.10. The van der Waals surface area contributed by atoms with Gasteiger partial charge in [0.1, 0.15) is 18.1 Å². The molecule has 1 aliphatic rings. The van der Waals surface area contributed by atoms with Gasteiger partial charge in [-0.25, -0.2) is 0 Å². The predicted molar refractivity (Wildman–Crippen MR) is 98.7 cm³/mol.